The molecule has 2 unspecified atom stereocenters. The van der Waals surface area contributed by atoms with E-state index in [0.29, 0.717) is 6.54 Å². The number of nitrogens with one attached hydrogen (secondary N) is 1. The van der Waals surface area contributed by atoms with Gasteiger partial charge in [0.1, 0.15) is 0 Å². The summed E-state index contributed by atoms with van der Waals surface area (Å²) in [5, 5.41) is 12.5. The quantitative estimate of drug-likeness (QED) is 0.831. The van der Waals surface area contributed by atoms with E-state index < -0.39 is 5.97 Å². The van der Waals surface area contributed by atoms with Crippen LogP contribution in [0.2, 0.25) is 0 Å². The van der Waals surface area contributed by atoms with E-state index in [-0.39, 0.29) is 11.8 Å². The Kier molecular flexibility index (Phi) is 2.76. The summed E-state index contributed by atoms with van der Waals surface area (Å²) in [4.78, 5) is 15.5. The minimum atomic E-state index is -0.726. The third-order valence-corrected chi connectivity index (χ3v) is 3.70. The average Bonchev–Trinajstić information content (AvgIpc) is 2.82. The van der Waals surface area contributed by atoms with Gasteiger partial charge in [0.2, 0.25) is 0 Å². The molecule has 0 aromatic carbocycles. The Morgan fingerprint density at radius 1 is 1.50 bits per heavy atom. The van der Waals surface area contributed by atoms with Crippen LogP contribution in [-0.2, 0) is 4.79 Å². The van der Waals surface area contributed by atoms with E-state index in [1.807, 2.05) is 22.9 Å². The van der Waals surface area contributed by atoms with Gasteiger partial charge in [0, 0.05) is 31.1 Å². The molecular weight excluding hydrogens is 230 g/mol. The zero-order valence-electron chi connectivity index (χ0n) is 9.91. The number of fused-ring (bicyclic) bond motifs is 1. The fourth-order valence-corrected chi connectivity index (χ4v) is 2.77. The summed E-state index contributed by atoms with van der Waals surface area (Å²) in [6.45, 7) is 1.41. The van der Waals surface area contributed by atoms with E-state index in [0.717, 1.165) is 24.0 Å². The van der Waals surface area contributed by atoms with Crippen LogP contribution in [0, 0.1) is 5.92 Å². The largest absolute Gasteiger partial charge is 0.481 e. The van der Waals surface area contributed by atoms with E-state index in [1.54, 1.807) is 12.4 Å². The van der Waals surface area contributed by atoms with E-state index >= 15 is 0 Å². The van der Waals surface area contributed by atoms with Crippen LogP contribution in [0.1, 0.15) is 17.9 Å². The maximum atomic E-state index is 11.3. The van der Waals surface area contributed by atoms with Gasteiger partial charge in [-0.3, -0.25) is 9.78 Å². The molecule has 18 heavy (non-hydrogen) atoms. The minimum absolute atomic E-state index is 0.0675. The van der Waals surface area contributed by atoms with Gasteiger partial charge in [-0.1, -0.05) is 0 Å². The molecule has 0 amide bonds. The smallest absolute Gasteiger partial charge is 0.308 e. The standard InChI is InChI=1S/C13H15N3O2/c17-13(18)11-7-14-3-1-9(11)10-2-5-16-6-4-15-8-12(10)16/h2,4-6,8-9,11,14H,1,3,7H2,(H,17,18). The van der Waals surface area contributed by atoms with Crippen LogP contribution >= 0.6 is 0 Å². The van der Waals surface area contributed by atoms with Crippen LogP contribution in [0.3, 0.4) is 0 Å². The highest BCUT2D eigenvalue weighted by Gasteiger charge is 2.33. The van der Waals surface area contributed by atoms with E-state index in [1.165, 1.54) is 0 Å². The number of rotatable bonds is 2. The van der Waals surface area contributed by atoms with Crippen molar-refractivity contribution in [1.29, 1.82) is 0 Å². The predicted octanol–water partition coefficient (Wildman–Crippen LogP) is 1.11. The molecule has 0 spiro atoms. The second kappa shape index (κ2) is 4.42. The molecule has 2 aromatic rings. The molecule has 5 nitrogen and oxygen atoms in total. The van der Waals surface area contributed by atoms with E-state index in [2.05, 4.69) is 10.3 Å². The van der Waals surface area contributed by atoms with Crippen molar-refractivity contribution >= 4 is 11.5 Å². The van der Waals surface area contributed by atoms with Gasteiger partial charge in [0.05, 0.1) is 17.6 Å². The molecule has 3 heterocycles. The number of carboxylic acids is 1. The first-order valence-electron chi connectivity index (χ1n) is 6.11. The number of nitrogens with zero attached hydrogens (tertiary/aromatic N) is 2. The third kappa shape index (κ3) is 1.76. The maximum absolute atomic E-state index is 11.3. The Hall–Kier alpha value is -1.88. The highest BCUT2D eigenvalue weighted by atomic mass is 16.4. The van der Waals surface area contributed by atoms with E-state index in [4.69, 9.17) is 0 Å². The van der Waals surface area contributed by atoms with Gasteiger partial charge in [-0.05, 0) is 24.6 Å². The van der Waals surface area contributed by atoms with Crippen molar-refractivity contribution in [3.05, 3.63) is 36.4 Å². The highest BCUT2D eigenvalue weighted by molar-refractivity contribution is 5.73. The van der Waals surface area contributed by atoms with Crippen LogP contribution in [0.5, 0.6) is 0 Å². The van der Waals surface area contributed by atoms with Crippen molar-refractivity contribution in [2.24, 2.45) is 5.92 Å². The molecule has 3 rings (SSSR count). The molecule has 1 aliphatic rings. The molecule has 1 saturated heterocycles. The molecule has 2 N–H and O–H groups in total. The number of carbonyl (C=O) groups is 1. The summed E-state index contributed by atoms with van der Waals surface area (Å²) in [6, 6.07) is 2.02. The van der Waals surface area contributed by atoms with Crippen LogP contribution in [0.4, 0.5) is 0 Å². The average molecular weight is 245 g/mol. The number of carboxylic acid groups (broad SMARTS) is 1. The van der Waals surface area contributed by atoms with Crippen molar-refractivity contribution < 1.29 is 9.90 Å². The number of piperidine rings is 1. The lowest BCUT2D eigenvalue weighted by Crippen LogP contribution is -2.39. The van der Waals surface area contributed by atoms with Crippen LogP contribution in [0.25, 0.3) is 5.52 Å². The normalized spacial score (nSPS) is 24.2. The zero-order chi connectivity index (χ0) is 12.5. The van der Waals surface area contributed by atoms with Gasteiger partial charge < -0.3 is 14.8 Å². The minimum Gasteiger partial charge on any atom is -0.481 e. The molecule has 0 radical (unpaired) electrons. The number of hydrogen-bond acceptors (Lipinski definition) is 3. The second-order valence-corrected chi connectivity index (χ2v) is 4.68. The number of hydrogen-bond donors (Lipinski definition) is 2. The lowest BCUT2D eigenvalue weighted by molar-refractivity contribution is -0.142. The zero-order valence-corrected chi connectivity index (χ0v) is 9.91. The Morgan fingerprint density at radius 3 is 3.22 bits per heavy atom. The second-order valence-electron chi connectivity index (χ2n) is 4.68. The van der Waals surface area contributed by atoms with Crippen LogP contribution in [-0.4, -0.2) is 33.6 Å². The van der Waals surface area contributed by atoms with Crippen molar-refractivity contribution in [3.8, 4) is 0 Å². The summed E-state index contributed by atoms with van der Waals surface area (Å²) in [6.07, 6.45) is 8.23. The molecule has 0 bridgehead atoms. The van der Waals surface area contributed by atoms with Gasteiger partial charge in [-0.2, -0.15) is 0 Å². The van der Waals surface area contributed by atoms with Gasteiger partial charge in [0.15, 0.2) is 0 Å². The first kappa shape index (κ1) is 11.2. The Bertz CT molecular complexity index is 578. The summed E-state index contributed by atoms with van der Waals surface area (Å²) >= 11 is 0. The fraction of sp³-hybridized carbons (Fsp3) is 0.385. The molecule has 2 aromatic heterocycles. The van der Waals surface area contributed by atoms with Gasteiger partial charge >= 0.3 is 5.97 Å². The summed E-state index contributed by atoms with van der Waals surface area (Å²) in [5.74, 6) is -1.02. The molecule has 5 heteroatoms. The third-order valence-electron chi connectivity index (χ3n) is 3.70. The van der Waals surface area contributed by atoms with Gasteiger partial charge in [-0.15, -0.1) is 0 Å². The Morgan fingerprint density at radius 2 is 2.39 bits per heavy atom. The Labute approximate surface area is 104 Å². The fourth-order valence-electron chi connectivity index (χ4n) is 2.77. The molecule has 2 atom stereocenters. The summed E-state index contributed by atoms with van der Waals surface area (Å²) < 4.78 is 1.99. The topological polar surface area (TPSA) is 66.6 Å². The Balaban J connectivity index is 2.04. The molecule has 0 saturated carbocycles. The van der Waals surface area contributed by atoms with Gasteiger partial charge in [0.25, 0.3) is 0 Å². The van der Waals surface area contributed by atoms with Crippen molar-refractivity contribution in [2.45, 2.75) is 12.3 Å². The highest BCUT2D eigenvalue weighted by Crippen LogP contribution is 2.33. The summed E-state index contributed by atoms with van der Waals surface area (Å²) in [5.41, 5.74) is 2.10. The van der Waals surface area contributed by atoms with E-state index in [9.17, 15) is 9.90 Å². The van der Waals surface area contributed by atoms with Crippen LogP contribution in [0.15, 0.2) is 30.9 Å². The number of aliphatic carboxylic acids is 1. The first-order chi connectivity index (χ1) is 8.77. The van der Waals surface area contributed by atoms with Crippen molar-refractivity contribution in [2.75, 3.05) is 13.1 Å². The molecular formula is C13H15N3O2. The maximum Gasteiger partial charge on any atom is 0.308 e. The molecule has 1 aliphatic heterocycles. The van der Waals surface area contributed by atoms with Crippen molar-refractivity contribution in [3.63, 3.8) is 0 Å². The monoisotopic (exact) mass is 245 g/mol. The van der Waals surface area contributed by atoms with Crippen molar-refractivity contribution in [1.82, 2.24) is 14.7 Å². The first-order valence-corrected chi connectivity index (χ1v) is 6.11. The van der Waals surface area contributed by atoms with Gasteiger partial charge in [-0.25, -0.2) is 0 Å². The van der Waals surface area contributed by atoms with Crippen LogP contribution < -0.4 is 5.32 Å². The lowest BCUT2D eigenvalue weighted by atomic mass is 9.81. The molecule has 1 fully saturated rings. The number of aromatic nitrogens is 2. The predicted molar refractivity (Wildman–Crippen MR) is 66.5 cm³/mol. The molecule has 0 aliphatic carbocycles. The molecule has 94 valence electrons. The summed E-state index contributed by atoms with van der Waals surface area (Å²) in [7, 11) is 0. The SMILES string of the molecule is O=C(O)C1CNCCC1c1ccn2ccncc12. The lowest BCUT2D eigenvalue weighted by Gasteiger charge is -2.29.